The normalized spacial score (nSPS) is 6.00. The molecule has 0 unspecified atom stereocenters. The summed E-state index contributed by atoms with van der Waals surface area (Å²) < 4.78 is 0. The van der Waals surface area contributed by atoms with E-state index in [0.29, 0.717) is 0 Å². The number of halogens is 2. The Morgan fingerprint density at radius 1 is 0.900 bits per heavy atom. The van der Waals surface area contributed by atoms with Crippen molar-refractivity contribution in [2.24, 2.45) is 0 Å². The van der Waals surface area contributed by atoms with Crippen LogP contribution in [-0.4, -0.2) is 0 Å². The Morgan fingerprint density at radius 2 is 1.30 bits per heavy atom. The second-order valence-corrected chi connectivity index (χ2v) is 1.41. The molecule has 0 heterocycles. The molecule has 52 valence electrons. The topological polar surface area (TPSA) is 26.0 Å². The van der Waals surface area contributed by atoms with Crippen molar-refractivity contribution in [3.63, 3.8) is 0 Å². The van der Waals surface area contributed by atoms with Crippen molar-refractivity contribution in [1.82, 2.24) is 0 Å². The molecule has 4 heteroatoms. The van der Waals surface area contributed by atoms with E-state index in [9.17, 15) is 0 Å². The zero-order valence-electron chi connectivity index (χ0n) is 5.43. The Kier molecular flexibility index (Phi) is 15.4. The Morgan fingerprint density at radius 3 is 1.50 bits per heavy atom. The number of nitrogens with two attached hydrogens (primary N) is 1. The van der Waals surface area contributed by atoms with E-state index in [1.54, 1.807) is 0 Å². The molecule has 1 nitrogen and oxygen atoms in total. The molecule has 0 aliphatic heterocycles. The van der Waals surface area contributed by atoms with Gasteiger partial charge in [-0.25, -0.2) is 0 Å². The first-order valence-electron chi connectivity index (χ1n) is 2.20. The molecule has 0 aromatic heterocycles. The summed E-state index contributed by atoms with van der Waals surface area (Å²) in [7, 11) is 0. The third-order valence-corrected chi connectivity index (χ3v) is 0.800. The van der Waals surface area contributed by atoms with Gasteiger partial charge in [-0.3, -0.25) is 0 Å². The molecular weight excluding hydrogens is 222 g/mol. The summed E-state index contributed by atoms with van der Waals surface area (Å²) in [6.07, 6.45) is 0. The zero-order valence-corrected chi connectivity index (χ0v) is 9.91. The fraction of sp³-hybridized carbons (Fsp3) is 0. The molecular formula is C6H7Cl2NZn. The van der Waals surface area contributed by atoms with E-state index in [-0.39, 0.29) is 44.3 Å². The van der Waals surface area contributed by atoms with Gasteiger partial charge in [0, 0.05) is 5.69 Å². The van der Waals surface area contributed by atoms with E-state index in [2.05, 4.69) is 0 Å². The van der Waals surface area contributed by atoms with Crippen LogP contribution < -0.4 is 30.5 Å². The molecule has 0 aliphatic carbocycles. The minimum atomic E-state index is 0. The number of rotatable bonds is 0. The van der Waals surface area contributed by atoms with Crippen LogP contribution in [0, 0.1) is 0 Å². The van der Waals surface area contributed by atoms with Crippen molar-refractivity contribution in [3.8, 4) is 0 Å². The third-order valence-electron chi connectivity index (χ3n) is 0.800. The van der Waals surface area contributed by atoms with Crippen molar-refractivity contribution in [2.45, 2.75) is 0 Å². The SMILES string of the molecule is Nc1ccccc1.[Cl-].[Cl-].[Zn+2]. The summed E-state index contributed by atoms with van der Waals surface area (Å²) in [4.78, 5) is 0. The van der Waals surface area contributed by atoms with Crippen LogP contribution in [0.15, 0.2) is 30.3 Å². The molecule has 0 atom stereocenters. The molecule has 1 aromatic rings. The summed E-state index contributed by atoms with van der Waals surface area (Å²) in [5.41, 5.74) is 6.18. The molecule has 0 spiro atoms. The predicted octanol–water partition coefficient (Wildman–Crippen LogP) is -4.73. The summed E-state index contributed by atoms with van der Waals surface area (Å²) in [5, 5.41) is 0. The zero-order chi connectivity index (χ0) is 5.11. The molecule has 2 N–H and O–H groups in total. The molecule has 0 saturated heterocycles. The molecule has 1 rings (SSSR count). The van der Waals surface area contributed by atoms with Gasteiger partial charge >= 0.3 is 19.5 Å². The number of hydrogen-bond donors (Lipinski definition) is 1. The molecule has 0 aliphatic rings. The van der Waals surface area contributed by atoms with Gasteiger partial charge in [0.15, 0.2) is 0 Å². The third kappa shape index (κ3) is 6.34. The van der Waals surface area contributed by atoms with Gasteiger partial charge in [-0.05, 0) is 12.1 Å². The van der Waals surface area contributed by atoms with Gasteiger partial charge in [-0.2, -0.15) is 0 Å². The maximum atomic E-state index is 5.36. The average molecular weight is 229 g/mol. The van der Waals surface area contributed by atoms with Crippen LogP contribution in [0.4, 0.5) is 5.69 Å². The second kappa shape index (κ2) is 9.22. The van der Waals surface area contributed by atoms with Crippen LogP contribution in [0.3, 0.4) is 0 Å². The van der Waals surface area contributed by atoms with E-state index in [1.807, 2.05) is 30.3 Å². The maximum absolute atomic E-state index is 5.36. The standard InChI is InChI=1S/C6H7N.2ClH.Zn/c7-6-4-2-1-3-5-6;;;/h1-5H,7H2;2*1H;/q;;;+2/p-2. The Bertz CT molecular complexity index is 146. The van der Waals surface area contributed by atoms with E-state index >= 15 is 0 Å². The minimum Gasteiger partial charge on any atom is -1.00 e. The largest absolute Gasteiger partial charge is 2.00 e. The summed E-state index contributed by atoms with van der Waals surface area (Å²) in [6.45, 7) is 0. The minimum absolute atomic E-state index is 0. The number of benzene rings is 1. The van der Waals surface area contributed by atoms with Gasteiger partial charge in [0.05, 0.1) is 0 Å². The van der Waals surface area contributed by atoms with E-state index < -0.39 is 0 Å². The van der Waals surface area contributed by atoms with Crippen LogP contribution in [-0.2, 0) is 19.5 Å². The van der Waals surface area contributed by atoms with Gasteiger partial charge in [0.1, 0.15) is 0 Å². The van der Waals surface area contributed by atoms with E-state index in [0.717, 1.165) is 5.69 Å². The van der Waals surface area contributed by atoms with Crippen molar-refractivity contribution in [2.75, 3.05) is 5.73 Å². The molecule has 0 saturated carbocycles. The van der Waals surface area contributed by atoms with Crippen molar-refractivity contribution in [1.29, 1.82) is 0 Å². The first kappa shape index (κ1) is 16.7. The molecule has 0 bridgehead atoms. The van der Waals surface area contributed by atoms with Gasteiger partial charge in [0.25, 0.3) is 0 Å². The molecule has 0 radical (unpaired) electrons. The average Bonchev–Trinajstić information content (AvgIpc) is 1.69. The summed E-state index contributed by atoms with van der Waals surface area (Å²) >= 11 is 0. The van der Waals surface area contributed by atoms with Crippen LogP contribution in [0.2, 0.25) is 0 Å². The van der Waals surface area contributed by atoms with Gasteiger partial charge in [-0.15, -0.1) is 0 Å². The Hall–Kier alpha value is 0.223. The monoisotopic (exact) mass is 227 g/mol. The van der Waals surface area contributed by atoms with Crippen molar-refractivity contribution >= 4 is 5.69 Å². The van der Waals surface area contributed by atoms with E-state index in [4.69, 9.17) is 5.73 Å². The smallest absolute Gasteiger partial charge is 1.00 e. The maximum Gasteiger partial charge on any atom is 2.00 e. The fourth-order valence-corrected chi connectivity index (χ4v) is 0.453. The molecule has 0 amide bonds. The Labute approximate surface area is 86.0 Å². The summed E-state index contributed by atoms with van der Waals surface area (Å²) in [5.74, 6) is 0. The summed E-state index contributed by atoms with van der Waals surface area (Å²) in [6, 6.07) is 9.49. The predicted molar refractivity (Wildman–Crippen MR) is 30.9 cm³/mol. The number of nitrogen functional groups attached to an aromatic ring is 1. The molecule has 10 heavy (non-hydrogen) atoms. The fourth-order valence-electron chi connectivity index (χ4n) is 0.453. The van der Waals surface area contributed by atoms with Crippen LogP contribution in [0.25, 0.3) is 0 Å². The van der Waals surface area contributed by atoms with Gasteiger partial charge in [-0.1, -0.05) is 18.2 Å². The van der Waals surface area contributed by atoms with Gasteiger partial charge in [0.2, 0.25) is 0 Å². The van der Waals surface area contributed by atoms with Crippen LogP contribution >= 0.6 is 0 Å². The number of para-hydroxylation sites is 1. The van der Waals surface area contributed by atoms with Gasteiger partial charge < -0.3 is 30.5 Å². The second-order valence-electron chi connectivity index (χ2n) is 1.41. The Balaban J connectivity index is -0.000000163. The molecule has 0 fully saturated rings. The van der Waals surface area contributed by atoms with Crippen molar-refractivity contribution < 1.29 is 44.3 Å². The quantitative estimate of drug-likeness (QED) is 0.351. The first-order chi connectivity index (χ1) is 3.39. The van der Waals surface area contributed by atoms with E-state index in [1.165, 1.54) is 0 Å². The number of hydrogen-bond acceptors (Lipinski definition) is 1. The van der Waals surface area contributed by atoms with Crippen LogP contribution in [0.5, 0.6) is 0 Å². The first-order valence-corrected chi connectivity index (χ1v) is 2.20. The number of anilines is 1. The molecule has 1 aromatic carbocycles. The van der Waals surface area contributed by atoms with Crippen LogP contribution in [0.1, 0.15) is 0 Å². The van der Waals surface area contributed by atoms with Crippen molar-refractivity contribution in [3.05, 3.63) is 30.3 Å².